The molecule has 0 unspecified atom stereocenters. The van der Waals surface area contributed by atoms with E-state index >= 15 is 0 Å². The Balaban J connectivity index is 1.20. The third kappa shape index (κ3) is 5.68. The van der Waals surface area contributed by atoms with Crippen molar-refractivity contribution in [3.8, 4) is 61.8 Å². The fourth-order valence-corrected chi connectivity index (χ4v) is 18.5. The molecule has 4 heterocycles. The normalized spacial score (nSPS) is 15.7. The number of para-hydroxylation sites is 4. The van der Waals surface area contributed by atoms with Crippen LogP contribution in [0.1, 0.15) is 17.9 Å². The molecule has 3 aromatic heterocycles. The van der Waals surface area contributed by atoms with Gasteiger partial charge in [-0.25, -0.2) is 15.0 Å². The Morgan fingerprint density at radius 1 is 0.529 bits per heavy atom. The minimum Gasteiger partial charge on any atom is -0.458 e. The average Bonchev–Trinajstić information content (AvgIpc) is 3.83. The lowest BCUT2D eigenvalue weighted by atomic mass is 9.83. The number of benzene rings is 9. The predicted octanol–water partition coefficient (Wildman–Crippen LogP) is 10.8. The van der Waals surface area contributed by atoms with Crippen LogP contribution in [0.4, 0.5) is 0 Å². The Labute approximate surface area is 420 Å². The summed E-state index contributed by atoms with van der Waals surface area (Å²) in [6, 6.07) is 66.9. The highest BCUT2D eigenvalue weighted by Crippen LogP contribution is 2.46. The number of aryl methyl sites for hydroxylation is 1. The topological polar surface area (TPSA) is 57.2 Å². The Morgan fingerprint density at radius 2 is 1.17 bits per heavy atom. The molecule has 1 aliphatic heterocycles. The molecule has 0 radical (unpaired) electrons. The third-order valence-electron chi connectivity index (χ3n) is 14.4. The molecule has 70 heavy (non-hydrogen) atoms. The zero-order valence-electron chi connectivity index (χ0n) is 46.4. The Morgan fingerprint density at radius 3 is 1.93 bits per heavy atom. The number of hydrogen-bond donors (Lipinski definition) is 0. The maximum atomic E-state index is 9.70. The van der Waals surface area contributed by atoms with Gasteiger partial charge in [-0.1, -0.05) is 183 Å². The lowest BCUT2D eigenvalue weighted by molar-refractivity contribution is 0.490. The molecule has 2 aliphatic rings. The Kier molecular flexibility index (Phi) is 7.06. The van der Waals surface area contributed by atoms with Crippen LogP contribution in [0, 0.1) is 6.85 Å². The summed E-state index contributed by atoms with van der Waals surface area (Å²) in [4.78, 5) is 14.7. The second-order valence-electron chi connectivity index (χ2n) is 18.1. The van der Waals surface area contributed by atoms with Gasteiger partial charge in [-0.15, -0.1) is 0 Å². The fraction of sp³-hybridized carbons (Fsp3) is 0.0484. The van der Waals surface area contributed by atoms with E-state index in [1.54, 1.807) is 48.8 Å². The number of ether oxygens (including phenoxy) is 1. The van der Waals surface area contributed by atoms with Crippen molar-refractivity contribution < 1.29 is 17.1 Å². The van der Waals surface area contributed by atoms with Crippen LogP contribution >= 0.6 is 0 Å². The van der Waals surface area contributed by atoms with E-state index in [-0.39, 0.29) is 33.0 Å². The van der Waals surface area contributed by atoms with Gasteiger partial charge in [0.2, 0.25) is 5.78 Å². The fourth-order valence-electron chi connectivity index (χ4n) is 11.4. The van der Waals surface area contributed by atoms with Crippen molar-refractivity contribution >= 4 is 75.1 Å². The van der Waals surface area contributed by atoms with Crippen molar-refractivity contribution in [3.63, 3.8) is 0 Å². The molecule has 14 rings (SSSR count). The molecule has 9 aromatic carbocycles. The molecule has 0 spiro atoms. The first kappa shape index (κ1) is 32.3. The van der Waals surface area contributed by atoms with Gasteiger partial charge in [-0.3, -0.25) is 8.97 Å². The smallest absolute Gasteiger partial charge is 0.220 e. The van der Waals surface area contributed by atoms with E-state index in [1.807, 2.05) is 106 Å². The molecule has 0 atom stereocenters. The lowest BCUT2D eigenvalue weighted by Crippen LogP contribution is -2.76. The number of rotatable bonds is 5. The summed E-state index contributed by atoms with van der Waals surface area (Å²) in [6.07, 6.45) is 3.45. The SMILES string of the molecule is [2H]C([2H])([2H])c1cccc2c1nc1n(-c3cc([Si](c4ccccc4)(c4ccccc4)c4ccc5c(c4)-c4ccccc4-c4ccccc4-c4ncncc4-5)c4c(c3)[Si](C([2H])([2H])[2H])(C([2H])([2H])[2H])c3ccccc3O4)c3ccccc3n21. The number of aromatic nitrogens is 5. The first-order chi connectivity index (χ1) is 38.1. The van der Waals surface area contributed by atoms with Crippen molar-refractivity contribution in [1.82, 2.24) is 23.9 Å². The molecule has 0 saturated carbocycles. The van der Waals surface area contributed by atoms with Crippen LogP contribution in [-0.2, 0) is 0 Å². The summed E-state index contributed by atoms with van der Waals surface area (Å²) in [7, 11) is -9.09. The molecule has 332 valence electrons. The Bertz CT molecular complexity index is 4400. The van der Waals surface area contributed by atoms with Crippen LogP contribution in [0.5, 0.6) is 11.5 Å². The van der Waals surface area contributed by atoms with Crippen molar-refractivity contribution in [2.45, 2.75) is 19.8 Å². The van der Waals surface area contributed by atoms with Gasteiger partial charge >= 0.3 is 0 Å². The first-order valence-electron chi connectivity index (χ1n) is 27.8. The van der Waals surface area contributed by atoms with E-state index < -0.39 is 35.9 Å². The van der Waals surface area contributed by atoms with Gasteiger partial charge < -0.3 is 4.74 Å². The molecule has 0 saturated heterocycles. The molecule has 12 aromatic rings. The van der Waals surface area contributed by atoms with Crippen LogP contribution in [0.15, 0.2) is 219 Å². The van der Waals surface area contributed by atoms with E-state index in [4.69, 9.17) is 18.8 Å². The number of imidazole rings is 2. The van der Waals surface area contributed by atoms with Crippen LogP contribution in [0.25, 0.3) is 78.2 Å². The van der Waals surface area contributed by atoms with Crippen molar-refractivity contribution in [1.29, 1.82) is 0 Å². The van der Waals surface area contributed by atoms with Crippen molar-refractivity contribution in [3.05, 3.63) is 224 Å². The summed E-state index contributed by atoms with van der Waals surface area (Å²) in [5, 5.41) is 3.59. The summed E-state index contributed by atoms with van der Waals surface area (Å²) in [5.41, 5.74) is 10.2. The molecular formula is C62H45N5OSi2. The molecule has 1 aliphatic carbocycles. The van der Waals surface area contributed by atoms with Gasteiger partial charge in [-0.2, -0.15) is 0 Å². The second kappa shape index (κ2) is 15.3. The summed E-state index contributed by atoms with van der Waals surface area (Å²) in [5.74, 6) is 0.725. The number of hydrogen-bond acceptors (Lipinski definition) is 4. The number of nitrogens with zero attached hydrogens (tertiary/aromatic N) is 5. The summed E-state index contributed by atoms with van der Waals surface area (Å²) >= 11 is 0. The van der Waals surface area contributed by atoms with E-state index in [1.165, 1.54) is 0 Å². The largest absolute Gasteiger partial charge is 0.458 e. The van der Waals surface area contributed by atoms with E-state index in [9.17, 15) is 8.22 Å². The molecular weight excluding hydrogens is 887 g/mol. The zero-order chi connectivity index (χ0) is 54.2. The molecule has 0 fully saturated rings. The third-order valence-corrected chi connectivity index (χ3v) is 21.6. The quantitative estimate of drug-likeness (QED) is 0.127. The average molecular weight is 941 g/mol. The summed E-state index contributed by atoms with van der Waals surface area (Å²) in [6.45, 7) is -8.62. The number of fused-ring (bicyclic) bond motifs is 15. The van der Waals surface area contributed by atoms with Gasteiger partial charge in [0, 0.05) is 35.3 Å². The summed E-state index contributed by atoms with van der Waals surface area (Å²) < 4.78 is 95.1. The minimum atomic E-state index is -5.07. The predicted molar refractivity (Wildman–Crippen MR) is 292 cm³/mol. The molecule has 0 N–H and O–H groups in total. The van der Waals surface area contributed by atoms with Crippen molar-refractivity contribution in [2.75, 3.05) is 0 Å². The Hall–Kier alpha value is -8.44. The molecule has 0 bridgehead atoms. The van der Waals surface area contributed by atoms with Gasteiger partial charge in [0.05, 0.1) is 27.8 Å². The van der Waals surface area contributed by atoms with Gasteiger partial charge in [0.1, 0.15) is 25.9 Å². The van der Waals surface area contributed by atoms with E-state index in [0.29, 0.717) is 33.2 Å². The first-order valence-corrected chi connectivity index (χ1v) is 27.3. The molecule has 6 nitrogen and oxygen atoms in total. The maximum Gasteiger partial charge on any atom is 0.220 e. The lowest BCUT2D eigenvalue weighted by Gasteiger charge is -2.40. The minimum absolute atomic E-state index is 0.0782. The van der Waals surface area contributed by atoms with Crippen LogP contribution < -0.4 is 35.9 Å². The second-order valence-corrected chi connectivity index (χ2v) is 24.4. The van der Waals surface area contributed by atoms with Gasteiger partial charge in [0.15, 0.2) is 8.07 Å². The standard InChI is InChI=1S/C62H45N5OSi2/c1-40-19-18-30-54-59(40)65-62-66(52-28-14-15-29-53(52)67(54)62)41-35-57-61(68-55-31-16-17-32-56(55)69(57,2)3)58(36-41)70(42-20-6-4-7-21-42,43-22-8-5-9-23-43)44-33-34-48-50(37-44)47-26-11-10-24-45(47)46-25-12-13-27-49(46)60-51(48)38-63-39-64-60/h4-39H,1-3H3/i1D3,2D3,3D3. The van der Waals surface area contributed by atoms with E-state index in [2.05, 4.69) is 77.8 Å². The van der Waals surface area contributed by atoms with Gasteiger partial charge in [-0.05, 0) is 108 Å². The highest BCUT2D eigenvalue weighted by molar-refractivity contribution is 7.20. The van der Waals surface area contributed by atoms with E-state index in [0.717, 1.165) is 60.2 Å². The van der Waals surface area contributed by atoms with Crippen LogP contribution in [0.2, 0.25) is 13.0 Å². The molecule has 8 heteroatoms. The molecule has 0 amide bonds. The highest BCUT2D eigenvalue weighted by atomic mass is 28.3. The van der Waals surface area contributed by atoms with Gasteiger partial charge in [0.25, 0.3) is 0 Å². The monoisotopic (exact) mass is 940 g/mol. The van der Waals surface area contributed by atoms with Crippen LogP contribution in [-0.4, -0.2) is 40.1 Å². The zero-order valence-corrected chi connectivity index (χ0v) is 39.4. The van der Waals surface area contributed by atoms with Crippen molar-refractivity contribution in [2.24, 2.45) is 0 Å². The maximum absolute atomic E-state index is 9.70. The highest BCUT2D eigenvalue weighted by Gasteiger charge is 2.48. The van der Waals surface area contributed by atoms with Crippen LogP contribution in [0.3, 0.4) is 0 Å².